The van der Waals surface area contributed by atoms with Crippen molar-refractivity contribution in [1.29, 1.82) is 0 Å². The smallest absolute Gasteiger partial charge is 0.267 e. The number of hydrogen-bond acceptors (Lipinski definition) is 5. The summed E-state index contributed by atoms with van der Waals surface area (Å²) >= 11 is 3.25. The summed E-state index contributed by atoms with van der Waals surface area (Å²) < 4.78 is 24.5. The van der Waals surface area contributed by atoms with Crippen LogP contribution in [0.25, 0.3) is 0 Å². The van der Waals surface area contributed by atoms with Gasteiger partial charge in [0.05, 0.1) is 10.0 Å². The second-order valence-electron chi connectivity index (χ2n) is 5.30. The van der Waals surface area contributed by atoms with Crippen LogP contribution in [0.5, 0.6) is 5.75 Å². The highest BCUT2D eigenvalue weighted by molar-refractivity contribution is 9.10. The van der Waals surface area contributed by atoms with Crippen molar-refractivity contribution in [3.8, 4) is 5.75 Å². The van der Waals surface area contributed by atoms with E-state index in [0.717, 1.165) is 19.3 Å². The van der Waals surface area contributed by atoms with Crippen LogP contribution < -0.4 is 10.5 Å². The highest BCUT2D eigenvalue weighted by Gasteiger charge is 2.39. The number of ether oxygens (including phenoxy) is 1. The molecule has 3 rings (SSSR count). The zero-order chi connectivity index (χ0) is 15.0. The van der Waals surface area contributed by atoms with Gasteiger partial charge in [-0.1, -0.05) is 5.16 Å². The molecule has 1 aromatic carbocycles. The fourth-order valence-electron chi connectivity index (χ4n) is 2.20. The molecule has 5 nitrogen and oxygen atoms in total. The summed E-state index contributed by atoms with van der Waals surface area (Å²) in [6.45, 7) is 1.79. The third-order valence-corrected chi connectivity index (χ3v) is 4.30. The minimum atomic E-state index is -0.460. The molecule has 1 aromatic heterocycles. The molecule has 22 heavy (non-hydrogen) atoms. The Kier molecular flexibility index (Phi) is 5.09. The normalized spacial score (nSPS) is 17.3. The van der Waals surface area contributed by atoms with E-state index in [-0.39, 0.29) is 18.2 Å². The van der Waals surface area contributed by atoms with Gasteiger partial charge in [-0.15, -0.1) is 12.4 Å². The minimum Gasteiger partial charge on any atom is -0.480 e. The molecular formula is C14H16BrClFN3O2. The van der Waals surface area contributed by atoms with E-state index in [0.29, 0.717) is 21.9 Å². The standard InChI is InChI=1S/C14H15BrFN3O2.ClH/c1-8(20-11-4-3-9(16)7-10(11)15)12-18-13(19-21-12)14(17)5-2-6-14;/h3-4,7-8H,2,5-6,17H2,1H3;1H. The summed E-state index contributed by atoms with van der Waals surface area (Å²) in [7, 11) is 0. The second-order valence-corrected chi connectivity index (χ2v) is 6.16. The monoisotopic (exact) mass is 391 g/mol. The summed E-state index contributed by atoms with van der Waals surface area (Å²) in [5.74, 6) is 1.06. The number of aromatic nitrogens is 2. The number of halogens is 3. The summed E-state index contributed by atoms with van der Waals surface area (Å²) in [5.41, 5.74) is 5.70. The zero-order valence-corrected chi connectivity index (χ0v) is 14.3. The lowest BCUT2D eigenvalue weighted by Gasteiger charge is -2.34. The first-order valence-corrected chi connectivity index (χ1v) is 7.52. The molecule has 8 heteroatoms. The number of nitrogens with zero attached hydrogens (tertiary/aromatic N) is 2. The lowest BCUT2D eigenvalue weighted by atomic mass is 9.77. The van der Waals surface area contributed by atoms with Crippen LogP contribution in [0.15, 0.2) is 27.2 Å². The van der Waals surface area contributed by atoms with Crippen LogP contribution in [0.1, 0.15) is 44.0 Å². The molecule has 1 fully saturated rings. The number of rotatable bonds is 4. The van der Waals surface area contributed by atoms with Gasteiger partial charge >= 0.3 is 0 Å². The van der Waals surface area contributed by atoms with Crippen molar-refractivity contribution in [3.05, 3.63) is 40.2 Å². The van der Waals surface area contributed by atoms with Gasteiger partial charge in [-0.3, -0.25) is 0 Å². The lowest BCUT2D eigenvalue weighted by Crippen LogP contribution is -2.44. The van der Waals surface area contributed by atoms with Crippen molar-refractivity contribution in [2.24, 2.45) is 5.73 Å². The Hall–Kier alpha value is -1.18. The molecule has 2 aromatic rings. The van der Waals surface area contributed by atoms with Crippen LogP contribution in [0.2, 0.25) is 0 Å². The minimum absolute atomic E-state index is 0. The quantitative estimate of drug-likeness (QED) is 0.855. The van der Waals surface area contributed by atoms with Crippen molar-refractivity contribution in [1.82, 2.24) is 10.1 Å². The van der Waals surface area contributed by atoms with Gasteiger partial charge in [-0.05, 0) is 60.3 Å². The van der Waals surface area contributed by atoms with E-state index in [1.165, 1.54) is 12.1 Å². The van der Waals surface area contributed by atoms with Crippen LogP contribution in [0.4, 0.5) is 4.39 Å². The molecule has 0 amide bonds. The molecule has 1 atom stereocenters. The maximum Gasteiger partial charge on any atom is 0.267 e. The Morgan fingerprint density at radius 2 is 2.18 bits per heavy atom. The third-order valence-electron chi connectivity index (χ3n) is 3.68. The predicted molar refractivity (Wildman–Crippen MR) is 84.4 cm³/mol. The van der Waals surface area contributed by atoms with Gasteiger partial charge in [-0.25, -0.2) is 4.39 Å². The zero-order valence-electron chi connectivity index (χ0n) is 11.9. The molecule has 1 aliphatic rings. The highest BCUT2D eigenvalue weighted by atomic mass is 79.9. The van der Waals surface area contributed by atoms with Crippen LogP contribution in [-0.4, -0.2) is 10.1 Å². The van der Waals surface area contributed by atoms with Gasteiger partial charge < -0.3 is 15.0 Å². The molecule has 2 N–H and O–H groups in total. The van der Waals surface area contributed by atoms with Crippen LogP contribution in [0, 0.1) is 5.82 Å². The van der Waals surface area contributed by atoms with Gasteiger partial charge in [0.1, 0.15) is 11.6 Å². The Morgan fingerprint density at radius 1 is 1.45 bits per heavy atom. The largest absolute Gasteiger partial charge is 0.480 e. The van der Waals surface area contributed by atoms with E-state index >= 15 is 0 Å². The first-order valence-electron chi connectivity index (χ1n) is 6.73. The Balaban J connectivity index is 0.00000176. The molecule has 0 saturated heterocycles. The fourth-order valence-corrected chi connectivity index (χ4v) is 2.64. The molecule has 0 bridgehead atoms. The molecule has 1 saturated carbocycles. The first-order chi connectivity index (χ1) is 9.98. The molecule has 0 aliphatic heterocycles. The Bertz CT molecular complexity index is 663. The SMILES string of the molecule is CC(Oc1ccc(F)cc1Br)c1nc(C2(N)CCC2)no1.Cl. The number of benzene rings is 1. The predicted octanol–water partition coefficient (Wildman–Crippen LogP) is 3.87. The molecule has 0 radical (unpaired) electrons. The molecular weight excluding hydrogens is 377 g/mol. The van der Waals surface area contributed by atoms with Crippen molar-refractivity contribution < 1.29 is 13.7 Å². The van der Waals surface area contributed by atoms with Crippen LogP contribution >= 0.6 is 28.3 Å². The van der Waals surface area contributed by atoms with Gasteiger partial charge in [0.2, 0.25) is 0 Å². The number of hydrogen-bond donors (Lipinski definition) is 1. The van der Waals surface area contributed by atoms with Crippen molar-refractivity contribution in [2.45, 2.75) is 37.8 Å². The van der Waals surface area contributed by atoms with Crippen molar-refractivity contribution in [2.75, 3.05) is 0 Å². The molecule has 120 valence electrons. The Labute approximate surface area is 141 Å². The van der Waals surface area contributed by atoms with Gasteiger partial charge in [0.15, 0.2) is 11.9 Å². The third kappa shape index (κ3) is 3.26. The summed E-state index contributed by atoms with van der Waals surface area (Å²) in [6, 6.07) is 4.21. The number of nitrogens with two attached hydrogens (primary N) is 1. The van der Waals surface area contributed by atoms with Crippen molar-refractivity contribution in [3.63, 3.8) is 0 Å². The topological polar surface area (TPSA) is 74.2 Å². The summed E-state index contributed by atoms with van der Waals surface area (Å²) in [6.07, 6.45) is 2.36. The molecule has 0 spiro atoms. The fraction of sp³-hybridized carbons (Fsp3) is 0.429. The van der Waals surface area contributed by atoms with E-state index in [9.17, 15) is 4.39 Å². The lowest BCUT2D eigenvalue weighted by molar-refractivity contribution is 0.173. The second kappa shape index (κ2) is 6.52. The van der Waals surface area contributed by atoms with Crippen molar-refractivity contribution >= 4 is 28.3 Å². The average molecular weight is 393 g/mol. The molecule has 1 heterocycles. The van der Waals surface area contributed by atoms with Gasteiger partial charge in [0, 0.05) is 0 Å². The van der Waals surface area contributed by atoms with E-state index in [1.54, 1.807) is 13.0 Å². The van der Waals surface area contributed by atoms with E-state index in [2.05, 4.69) is 26.1 Å². The summed E-state index contributed by atoms with van der Waals surface area (Å²) in [5, 5.41) is 3.95. The maximum atomic E-state index is 13.0. The molecule has 1 aliphatic carbocycles. The Morgan fingerprint density at radius 3 is 2.77 bits per heavy atom. The van der Waals surface area contributed by atoms with Crippen LogP contribution in [-0.2, 0) is 5.54 Å². The van der Waals surface area contributed by atoms with Crippen LogP contribution in [0.3, 0.4) is 0 Å². The van der Waals surface area contributed by atoms with E-state index in [4.69, 9.17) is 15.0 Å². The average Bonchev–Trinajstić information content (AvgIpc) is 2.89. The molecule has 1 unspecified atom stereocenters. The van der Waals surface area contributed by atoms with Gasteiger partial charge in [-0.2, -0.15) is 4.98 Å². The van der Waals surface area contributed by atoms with E-state index in [1.807, 2.05) is 0 Å². The highest BCUT2D eigenvalue weighted by Crippen LogP contribution is 2.37. The van der Waals surface area contributed by atoms with Gasteiger partial charge in [0.25, 0.3) is 5.89 Å². The summed E-state index contributed by atoms with van der Waals surface area (Å²) in [4.78, 5) is 4.33. The first kappa shape index (κ1) is 17.2. The van der Waals surface area contributed by atoms with E-state index < -0.39 is 11.6 Å². The maximum absolute atomic E-state index is 13.0.